The molecule has 1 saturated carbocycles. The fourth-order valence-corrected chi connectivity index (χ4v) is 2.99. The molecule has 1 fully saturated rings. The number of rotatable bonds is 9. The molecular formula is C16H33ClN2O. The first-order chi connectivity index (χ1) is 9.26. The van der Waals surface area contributed by atoms with Crippen LogP contribution >= 0.6 is 12.4 Å². The summed E-state index contributed by atoms with van der Waals surface area (Å²) in [5, 5.41) is 6.17. The van der Waals surface area contributed by atoms with Gasteiger partial charge >= 0.3 is 0 Å². The van der Waals surface area contributed by atoms with Gasteiger partial charge in [0.05, 0.1) is 0 Å². The first-order valence-electron chi connectivity index (χ1n) is 8.17. The van der Waals surface area contributed by atoms with Gasteiger partial charge in [-0.2, -0.15) is 0 Å². The van der Waals surface area contributed by atoms with Crippen molar-refractivity contribution in [2.24, 2.45) is 11.8 Å². The van der Waals surface area contributed by atoms with Crippen LogP contribution in [-0.4, -0.2) is 26.0 Å². The molecule has 0 atom stereocenters. The van der Waals surface area contributed by atoms with E-state index in [0.29, 0.717) is 6.42 Å². The maximum absolute atomic E-state index is 11.6. The van der Waals surface area contributed by atoms with Crippen molar-refractivity contribution >= 4 is 18.3 Å². The Balaban J connectivity index is 0.00000361. The van der Waals surface area contributed by atoms with E-state index in [-0.39, 0.29) is 18.3 Å². The number of amides is 1. The fraction of sp³-hybridized carbons (Fsp3) is 0.938. The zero-order valence-corrected chi connectivity index (χ0v) is 14.1. The minimum Gasteiger partial charge on any atom is -0.356 e. The zero-order valence-electron chi connectivity index (χ0n) is 13.2. The topological polar surface area (TPSA) is 41.1 Å². The Morgan fingerprint density at radius 2 is 1.75 bits per heavy atom. The van der Waals surface area contributed by atoms with Gasteiger partial charge in [0.2, 0.25) is 5.91 Å². The normalized spacial score (nSPS) is 22.1. The molecule has 1 aliphatic carbocycles. The van der Waals surface area contributed by atoms with Crippen LogP contribution in [0.3, 0.4) is 0 Å². The summed E-state index contributed by atoms with van der Waals surface area (Å²) in [7, 11) is 1.93. The van der Waals surface area contributed by atoms with Crippen LogP contribution < -0.4 is 10.6 Å². The molecule has 1 amide bonds. The Labute approximate surface area is 131 Å². The lowest BCUT2D eigenvalue weighted by Gasteiger charge is -2.28. The second-order valence-electron chi connectivity index (χ2n) is 6.04. The molecule has 0 aromatic carbocycles. The minimum atomic E-state index is 0. The van der Waals surface area contributed by atoms with Crippen molar-refractivity contribution in [3.05, 3.63) is 0 Å². The van der Waals surface area contributed by atoms with E-state index >= 15 is 0 Å². The van der Waals surface area contributed by atoms with Crippen LogP contribution in [0.4, 0.5) is 0 Å². The van der Waals surface area contributed by atoms with Crippen LogP contribution in [0.15, 0.2) is 0 Å². The molecule has 0 aromatic rings. The van der Waals surface area contributed by atoms with Crippen molar-refractivity contribution in [2.45, 2.75) is 64.7 Å². The van der Waals surface area contributed by atoms with E-state index in [1.165, 1.54) is 44.9 Å². The largest absolute Gasteiger partial charge is 0.356 e. The zero-order chi connectivity index (χ0) is 13.9. The van der Waals surface area contributed by atoms with Gasteiger partial charge in [0.1, 0.15) is 0 Å². The van der Waals surface area contributed by atoms with Crippen molar-refractivity contribution in [2.75, 3.05) is 20.1 Å². The molecule has 0 aromatic heterocycles. The summed E-state index contributed by atoms with van der Waals surface area (Å²) < 4.78 is 0. The van der Waals surface area contributed by atoms with Crippen LogP contribution in [-0.2, 0) is 4.79 Å². The monoisotopic (exact) mass is 304 g/mol. The number of nitrogens with one attached hydrogen (secondary N) is 2. The molecule has 1 aliphatic rings. The standard InChI is InChI=1S/C16H32N2O.ClH/c1-3-4-6-14-8-10-15(11-9-14)13-18-16(19)7-5-12-17-2;/h14-15,17H,3-13H2,1-2H3,(H,18,19);1H. The van der Waals surface area contributed by atoms with E-state index in [9.17, 15) is 4.79 Å². The van der Waals surface area contributed by atoms with Crippen LogP contribution in [0.2, 0.25) is 0 Å². The van der Waals surface area contributed by atoms with Gasteiger partial charge in [0.15, 0.2) is 0 Å². The molecule has 0 radical (unpaired) electrons. The highest BCUT2D eigenvalue weighted by molar-refractivity contribution is 5.85. The van der Waals surface area contributed by atoms with E-state index in [4.69, 9.17) is 0 Å². The lowest BCUT2D eigenvalue weighted by Crippen LogP contribution is -2.31. The van der Waals surface area contributed by atoms with Crippen LogP contribution in [0, 0.1) is 11.8 Å². The smallest absolute Gasteiger partial charge is 0.220 e. The van der Waals surface area contributed by atoms with Crippen molar-refractivity contribution < 1.29 is 4.79 Å². The molecule has 0 aliphatic heterocycles. The minimum absolute atomic E-state index is 0. The van der Waals surface area contributed by atoms with Crippen LogP contribution in [0.5, 0.6) is 0 Å². The highest BCUT2D eigenvalue weighted by atomic mass is 35.5. The van der Waals surface area contributed by atoms with Gasteiger partial charge in [-0.05, 0) is 44.7 Å². The number of carbonyl (C=O) groups is 1. The van der Waals surface area contributed by atoms with E-state index in [2.05, 4.69) is 17.6 Å². The number of unbranched alkanes of at least 4 members (excludes halogenated alkanes) is 1. The Morgan fingerprint density at radius 1 is 1.10 bits per heavy atom. The molecule has 3 nitrogen and oxygen atoms in total. The third-order valence-corrected chi connectivity index (χ3v) is 4.35. The quantitative estimate of drug-likeness (QED) is 0.640. The summed E-state index contributed by atoms with van der Waals surface area (Å²) in [5.41, 5.74) is 0. The maximum atomic E-state index is 11.6. The molecule has 0 heterocycles. The predicted molar refractivity (Wildman–Crippen MR) is 88.4 cm³/mol. The molecule has 2 N–H and O–H groups in total. The number of hydrogen-bond acceptors (Lipinski definition) is 2. The maximum Gasteiger partial charge on any atom is 0.220 e. The second-order valence-corrected chi connectivity index (χ2v) is 6.04. The summed E-state index contributed by atoms with van der Waals surface area (Å²) in [4.78, 5) is 11.6. The number of hydrogen-bond donors (Lipinski definition) is 2. The molecule has 20 heavy (non-hydrogen) atoms. The van der Waals surface area contributed by atoms with Crippen LogP contribution in [0.25, 0.3) is 0 Å². The Hall–Kier alpha value is -0.280. The van der Waals surface area contributed by atoms with Gasteiger partial charge < -0.3 is 10.6 Å². The first-order valence-corrected chi connectivity index (χ1v) is 8.17. The Bertz CT molecular complexity index is 241. The van der Waals surface area contributed by atoms with Gasteiger partial charge in [-0.15, -0.1) is 12.4 Å². The molecular weight excluding hydrogens is 272 g/mol. The average Bonchev–Trinajstić information content (AvgIpc) is 2.44. The van der Waals surface area contributed by atoms with E-state index in [1.807, 2.05) is 7.05 Å². The second kappa shape index (κ2) is 12.5. The first kappa shape index (κ1) is 19.7. The molecule has 0 bridgehead atoms. The molecule has 1 rings (SSSR count). The van der Waals surface area contributed by atoms with Crippen LogP contribution in [0.1, 0.15) is 64.7 Å². The van der Waals surface area contributed by atoms with Gasteiger partial charge in [-0.25, -0.2) is 0 Å². The predicted octanol–water partition coefficient (Wildman–Crippen LogP) is 3.52. The van der Waals surface area contributed by atoms with Gasteiger partial charge in [-0.3, -0.25) is 4.79 Å². The molecule has 120 valence electrons. The van der Waals surface area contributed by atoms with Crippen molar-refractivity contribution in [1.29, 1.82) is 0 Å². The van der Waals surface area contributed by atoms with Crippen molar-refractivity contribution in [3.8, 4) is 0 Å². The molecule has 0 spiro atoms. The molecule has 4 heteroatoms. The third-order valence-electron chi connectivity index (χ3n) is 4.35. The van der Waals surface area contributed by atoms with Gasteiger partial charge in [0, 0.05) is 13.0 Å². The Morgan fingerprint density at radius 3 is 2.35 bits per heavy atom. The molecule has 0 saturated heterocycles. The summed E-state index contributed by atoms with van der Waals surface area (Å²) in [6, 6.07) is 0. The number of halogens is 1. The van der Waals surface area contributed by atoms with Crippen molar-refractivity contribution in [1.82, 2.24) is 10.6 Å². The lowest BCUT2D eigenvalue weighted by atomic mass is 9.80. The van der Waals surface area contributed by atoms with E-state index in [1.54, 1.807) is 0 Å². The van der Waals surface area contributed by atoms with Crippen molar-refractivity contribution in [3.63, 3.8) is 0 Å². The summed E-state index contributed by atoms with van der Waals surface area (Å²) >= 11 is 0. The summed E-state index contributed by atoms with van der Waals surface area (Å²) in [6.07, 6.45) is 11.1. The van der Waals surface area contributed by atoms with E-state index in [0.717, 1.165) is 31.3 Å². The highest BCUT2D eigenvalue weighted by Gasteiger charge is 2.20. The lowest BCUT2D eigenvalue weighted by molar-refractivity contribution is -0.121. The fourth-order valence-electron chi connectivity index (χ4n) is 2.99. The summed E-state index contributed by atoms with van der Waals surface area (Å²) in [5.74, 6) is 1.91. The number of carbonyl (C=O) groups excluding carboxylic acids is 1. The van der Waals surface area contributed by atoms with Gasteiger partial charge in [-0.1, -0.05) is 39.0 Å². The Kier molecular flexibility index (Phi) is 12.3. The van der Waals surface area contributed by atoms with E-state index < -0.39 is 0 Å². The third kappa shape index (κ3) is 8.80. The highest BCUT2D eigenvalue weighted by Crippen LogP contribution is 2.31. The average molecular weight is 305 g/mol. The SMILES string of the molecule is CCCCC1CCC(CNC(=O)CCCNC)CC1.Cl. The molecule has 0 unspecified atom stereocenters. The summed E-state index contributed by atoms with van der Waals surface area (Å²) in [6.45, 7) is 4.10. The van der Waals surface area contributed by atoms with Gasteiger partial charge in [0.25, 0.3) is 0 Å².